The molecule has 1 saturated carbocycles. The van der Waals surface area contributed by atoms with Crippen molar-refractivity contribution in [3.63, 3.8) is 0 Å². The van der Waals surface area contributed by atoms with Crippen LogP contribution in [-0.4, -0.2) is 32.5 Å². The van der Waals surface area contributed by atoms with E-state index in [0.717, 1.165) is 36.9 Å². The third kappa shape index (κ3) is 5.08. The van der Waals surface area contributed by atoms with Crippen molar-refractivity contribution in [3.05, 3.63) is 28.7 Å². The van der Waals surface area contributed by atoms with Gasteiger partial charge in [-0.25, -0.2) is 0 Å². The molecule has 1 N–H and O–H groups in total. The molecule has 130 valence electrons. The molecule has 0 bridgehead atoms. The second kappa shape index (κ2) is 8.67. The lowest BCUT2D eigenvalue weighted by molar-refractivity contribution is -0.119. The Labute approximate surface area is 151 Å². The monoisotopic (exact) mass is 364 g/mol. The molecule has 2 aromatic rings. The van der Waals surface area contributed by atoms with Crippen LogP contribution in [-0.2, 0) is 17.8 Å². The van der Waals surface area contributed by atoms with Crippen LogP contribution in [0.25, 0.3) is 0 Å². The Kier molecular flexibility index (Phi) is 6.31. The Hall–Kier alpha value is -1.34. The molecule has 0 atom stereocenters. The molecule has 2 aromatic heterocycles. The molecule has 0 radical (unpaired) electrons. The average Bonchev–Trinajstić information content (AvgIpc) is 3.24. The number of carbonyl (C=O) groups is 1. The molecule has 0 spiro atoms. The van der Waals surface area contributed by atoms with Gasteiger partial charge in [0.2, 0.25) is 5.91 Å². The number of carbonyl (C=O) groups excluding carboxylic acids is 1. The van der Waals surface area contributed by atoms with Crippen molar-refractivity contribution < 1.29 is 4.79 Å². The molecule has 5 nitrogen and oxygen atoms in total. The highest BCUT2D eigenvalue weighted by Crippen LogP contribution is 2.23. The van der Waals surface area contributed by atoms with Crippen molar-refractivity contribution in [1.82, 2.24) is 20.1 Å². The minimum absolute atomic E-state index is 0.104. The Morgan fingerprint density at radius 1 is 1.42 bits per heavy atom. The molecule has 24 heavy (non-hydrogen) atoms. The zero-order valence-electron chi connectivity index (χ0n) is 14.0. The maximum atomic E-state index is 12.2. The number of amides is 1. The largest absolute Gasteiger partial charge is 0.353 e. The maximum Gasteiger partial charge on any atom is 0.230 e. The fourth-order valence-electron chi connectivity index (χ4n) is 3.00. The summed E-state index contributed by atoms with van der Waals surface area (Å²) in [6, 6.07) is 4.56. The minimum atomic E-state index is 0.104. The third-order valence-electron chi connectivity index (χ3n) is 4.47. The number of thioether (sulfide) groups is 1. The second-order valence-corrected chi connectivity index (χ2v) is 8.42. The fraction of sp³-hybridized carbons (Fsp3) is 0.588. The van der Waals surface area contributed by atoms with E-state index in [-0.39, 0.29) is 5.91 Å². The van der Waals surface area contributed by atoms with E-state index in [2.05, 4.69) is 40.0 Å². The molecule has 1 amide bonds. The van der Waals surface area contributed by atoms with Crippen LogP contribution in [0.3, 0.4) is 0 Å². The van der Waals surface area contributed by atoms with Crippen LogP contribution in [0.15, 0.2) is 29.0 Å². The molecule has 0 aliphatic heterocycles. The molecule has 3 rings (SSSR count). The van der Waals surface area contributed by atoms with Crippen molar-refractivity contribution in [1.29, 1.82) is 0 Å². The van der Waals surface area contributed by atoms with Crippen LogP contribution in [0.1, 0.15) is 37.5 Å². The molecule has 0 saturated heterocycles. The highest BCUT2D eigenvalue weighted by atomic mass is 32.2. The maximum absolute atomic E-state index is 12.2. The van der Waals surface area contributed by atoms with E-state index in [1.807, 2.05) is 4.57 Å². The molecule has 0 unspecified atom stereocenters. The Morgan fingerprint density at radius 2 is 2.25 bits per heavy atom. The summed E-state index contributed by atoms with van der Waals surface area (Å²) in [6.07, 6.45) is 7.36. The zero-order chi connectivity index (χ0) is 16.8. The van der Waals surface area contributed by atoms with Crippen LogP contribution in [0.2, 0.25) is 0 Å². The summed E-state index contributed by atoms with van der Waals surface area (Å²) >= 11 is 3.23. The summed E-state index contributed by atoms with van der Waals surface area (Å²) in [5.74, 6) is 1.31. The Morgan fingerprint density at radius 3 is 3.00 bits per heavy atom. The summed E-state index contributed by atoms with van der Waals surface area (Å²) < 4.78 is 2.03. The normalized spacial score (nSPS) is 20.9. The second-order valence-electron chi connectivity index (χ2n) is 6.45. The van der Waals surface area contributed by atoms with E-state index < -0.39 is 0 Å². The van der Waals surface area contributed by atoms with E-state index in [1.165, 1.54) is 29.5 Å². The Bertz CT molecular complexity index is 633. The van der Waals surface area contributed by atoms with Gasteiger partial charge < -0.3 is 9.88 Å². The van der Waals surface area contributed by atoms with Crippen molar-refractivity contribution in [2.45, 2.75) is 56.8 Å². The van der Waals surface area contributed by atoms with Gasteiger partial charge in [0.1, 0.15) is 6.33 Å². The van der Waals surface area contributed by atoms with Crippen LogP contribution in [0.5, 0.6) is 0 Å². The number of aryl methyl sites for hydroxylation is 2. The van der Waals surface area contributed by atoms with E-state index in [9.17, 15) is 4.79 Å². The fourth-order valence-corrected chi connectivity index (χ4v) is 4.45. The summed E-state index contributed by atoms with van der Waals surface area (Å²) in [5.41, 5.74) is 0. The predicted octanol–water partition coefficient (Wildman–Crippen LogP) is 3.37. The average molecular weight is 365 g/mol. The number of aromatic nitrogens is 3. The van der Waals surface area contributed by atoms with Crippen LogP contribution in [0, 0.1) is 5.92 Å². The van der Waals surface area contributed by atoms with Crippen molar-refractivity contribution in [3.8, 4) is 0 Å². The van der Waals surface area contributed by atoms with Gasteiger partial charge in [-0.15, -0.1) is 21.5 Å². The predicted molar refractivity (Wildman–Crippen MR) is 98.3 cm³/mol. The number of nitrogens with one attached hydrogen (secondary N) is 1. The first kappa shape index (κ1) is 17.5. The molecular weight excluding hydrogens is 340 g/mol. The van der Waals surface area contributed by atoms with Gasteiger partial charge in [0.15, 0.2) is 5.16 Å². The van der Waals surface area contributed by atoms with E-state index >= 15 is 0 Å². The first-order chi connectivity index (χ1) is 11.7. The summed E-state index contributed by atoms with van der Waals surface area (Å²) in [5, 5.41) is 14.2. The lowest BCUT2D eigenvalue weighted by atomic mass is 9.87. The topological polar surface area (TPSA) is 59.8 Å². The van der Waals surface area contributed by atoms with Gasteiger partial charge in [-0.05, 0) is 49.5 Å². The van der Waals surface area contributed by atoms with Crippen molar-refractivity contribution >= 4 is 29.0 Å². The standard InChI is InChI=1S/C17H24N4OS2/c1-13-4-6-14(7-5-13)19-16(22)11-24-17-20-18-12-21(17)9-8-15-3-2-10-23-15/h2-3,10,12-14H,4-9,11H2,1H3,(H,19,22). The smallest absolute Gasteiger partial charge is 0.230 e. The summed E-state index contributed by atoms with van der Waals surface area (Å²) in [7, 11) is 0. The highest BCUT2D eigenvalue weighted by molar-refractivity contribution is 7.99. The lowest BCUT2D eigenvalue weighted by Crippen LogP contribution is -2.38. The van der Waals surface area contributed by atoms with E-state index in [0.29, 0.717) is 11.8 Å². The number of rotatable bonds is 7. The number of nitrogens with zero attached hydrogens (tertiary/aromatic N) is 3. The third-order valence-corrected chi connectivity index (χ3v) is 6.39. The minimum Gasteiger partial charge on any atom is -0.353 e. The molecule has 2 heterocycles. The highest BCUT2D eigenvalue weighted by Gasteiger charge is 2.20. The van der Waals surface area contributed by atoms with Crippen LogP contribution < -0.4 is 5.32 Å². The quantitative estimate of drug-likeness (QED) is 0.765. The molecule has 0 aromatic carbocycles. The van der Waals surface area contributed by atoms with Gasteiger partial charge in [-0.1, -0.05) is 24.8 Å². The van der Waals surface area contributed by atoms with Crippen molar-refractivity contribution in [2.24, 2.45) is 5.92 Å². The van der Waals surface area contributed by atoms with Gasteiger partial charge in [0.05, 0.1) is 5.75 Å². The Balaban J connectivity index is 1.43. The number of thiophene rings is 1. The van der Waals surface area contributed by atoms with E-state index in [4.69, 9.17) is 0 Å². The molecule has 1 aliphatic rings. The first-order valence-corrected chi connectivity index (χ1v) is 10.4. The first-order valence-electron chi connectivity index (χ1n) is 8.53. The molecule has 7 heteroatoms. The van der Waals surface area contributed by atoms with Gasteiger partial charge in [-0.2, -0.15) is 0 Å². The summed E-state index contributed by atoms with van der Waals surface area (Å²) in [4.78, 5) is 13.5. The van der Waals surface area contributed by atoms with Gasteiger partial charge in [-0.3, -0.25) is 4.79 Å². The van der Waals surface area contributed by atoms with Gasteiger partial charge in [0, 0.05) is 17.5 Å². The lowest BCUT2D eigenvalue weighted by Gasteiger charge is -2.26. The van der Waals surface area contributed by atoms with Crippen LogP contribution >= 0.6 is 23.1 Å². The molecule has 1 aliphatic carbocycles. The molecule has 1 fully saturated rings. The van der Waals surface area contributed by atoms with E-state index in [1.54, 1.807) is 17.7 Å². The summed E-state index contributed by atoms with van der Waals surface area (Å²) in [6.45, 7) is 3.13. The zero-order valence-corrected chi connectivity index (χ0v) is 15.6. The number of hydrogen-bond acceptors (Lipinski definition) is 5. The van der Waals surface area contributed by atoms with Crippen LogP contribution in [0.4, 0.5) is 0 Å². The SMILES string of the molecule is CC1CCC(NC(=O)CSc2nncn2CCc2cccs2)CC1. The molecular formula is C17H24N4OS2. The van der Waals surface area contributed by atoms with Gasteiger partial charge in [0.25, 0.3) is 0 Å². The van der Waals surface area contributed by atoms with Gasteiger partial charge >= 0.3 is 0 Å². The van der Waals surface area contributed by atoms with Crippen molar-refractivity contribution in [2.75, 3.05) is 5.75 Å². The number of hydrogen-bond donors (Lipinski definition) is 1.